The Morgan fingerprint density at radius 2 is 1.67 bits per heavy atom. The summed E-state index contributed by atoms with van der Waals surface area (Å²) >= 11 is 5.90. The van der Waals surface area contributed by atoms with Gasteiger partial charge in [0, 0.05) is 41.3 Å². The summed E-state index contributed by atoms with van der Waals surface area (Å²) in [6, 6.07) is 16.5. The minimum Gasteiger partial charge on any atom is -0.348 e. The van der Waals surface area contributed by atoms with Gasteiger partial charge in [-0.15, -0.1) is 0 Å². The Morgan fingerprint density at radius 3 is 2.37 bits per heavy atom. The lowest BCUT2D eigenvalue weighted by Gasteiger charge is -2.05. The fraction of sp³-hybridized carbons (Fsp3) is 0.0500. The number of hydrogen-bond donors (Lipinski definition) is 1. The molecule has 4 aromatic rings. The molecule has 6 nitrogen and oxygen atoms in total. The molecular formula is C20H16ClN5O. The maximum Gasteiger partial charge on any atom is 0.251 e. The molecule has 0 aliphatic heterocycles. The standard InChI is InChI=1S/C20H16ClN5O/c21-17-4-8-19(9-5-17)26-14-15(13-24-26)12-22-20(27)16-2-6-18(7-3-16)25-11-1-10-23-25/h1-11,13-14H,12H2,(H,22,27). The zero-order chi connectivity index (χ0) is 18.6. The van der Waals surface area contributed by atoms with E-state index in [0.29, 0.717) is 17.1 Å². The Kier molecular flexibility index (Phi) is 4.72. The van der Waals surface area contributed by atoms with Gasteiger partial charge in [0.1, 0.15) is 0 Å². The van der Waals surface area contributed by atoms with Crippen LogP contribution in [-0.4, -0.2) is 25.5 Å². The van der Waals surface area contributed by atoms with Crippen LogP contribution in [-0.2, 0) is 6.54 Å². The third-order valence-electron chi connectivity index (χ3n) is 4.08. The lowest BCUT2D eigenvalue weighted by atomic mass is 10.2. The third kappa shape index (κ3) is 3.91. The minimum atomic E-state index is -0.138. The second-order valence-corrected chi connectivity index (χ2v) is 6.39. The molecule has 4 rings (SSSR count). The van der Waals surface area contributed by atoms with Crippen molar-refractivity contribution in [2.24, 2.45) is 0 Å². The average Bonchev–Trinajstić information content (AvgIpc) is 3.39. The van der Waals surface area contributed by atoms with Gasteiger partial charge in [-0.05, 0) is 54.6 Å². The van der Waals surface area contributed by atoms with Gasteiger partial charge in [-0.1, -0.05) is 11.6 Å². The van der Waals surface area contributed by atoms with Crippen LogP contribution >= 0.6 is 11.6 Å². The SMILES string of the molecule is O=C(NCc1cnn(-c2ccc(Cl)cc2)c1)c1ccc(-n2cccn2)cc1. The number of nitrogens with one attached hydrogen (secondary N) is 1. The van der Waals surface area contributed by atoms with E-state index >= 15 is 0 Å². The van der Waals surface area contributed by atoms with Crippen LogP contribution in [0.4, 0.5) is 0 Å². The summed E-state index contributed by atoms with van der Waals surface area (Å²) in [5, 5.41) is 12.1. The molecule has 0 saturated carbocycles. The molecule has 0 saturated heterocycles. The van der Waals surface area contributed by atoms with Crippen molar-refractivity contribution in [3.8, 4) is 11.4 Å². The van der Waals surface area contributed by atoms with Crippen molar-refractivity contribution < 1.29 is 4.79 Å². The zero-order valence-corrected chi connectivity index (χ0v) is 15.0. The Balaban J connectivity index is 1.38. The van der Waals surface area contributed by atoms with E-state index in [9.17, 15) is 4.79 Å². The van der Waals surface area contributed by atoms with Crippen LogP contribution in [0, 0.1) is 0 Å². The van der Waals surface area contributed by atoms with Crippen LogP contribution < -0.4 is 5.32 Å². The normalized spacial score (nSPS) is 10.7. The Bertz CT molecular complexity index is 1040. The van der Waals surface area contributed by atoms with Gasteiger partial charge in [-0.25, -0.2) is 9.36 Å². The summed E-state index contributed by atoms with van der Waals surface area (Å²) in [5.74, 6) is -0.138. The molecule has 0 radical (unpaired) electrons. The van der Waals surface area contributed by atoms with Gasteiger partial charge in [0.2, 0.25) is 0 Å². The molecule has 0 aliphatic carbocycles. The van der Waals surface area contributed by atoms with Crippen molar-refractivity contribution in [2.45, 2.75) is 6.54 Å². The molecule has 2 aromatic heterocycles. The first-order valence-corrected chi connectivity index (χ1v) is 8.74. The number of aromatic nitrogens is 4. The first-order valence-electron chi connectivity index (χ1n) is 8.37. The number of hydrogen-bond acceptors (Lipinski definition) is 3. The van der Waals surface area contributed by atoms with Crippen molar-refractivity contribution in [1.29, 1.82) is 0 Å². The van der Waals surface area contributed by atoms with Gasteiger partial charge < -0.3 is 5.32 Å². The van der Waals surface area contributed by atoms with E-state index in [0.717, 1.165) is 16.9 Å². The van der Waals surface area contributed by atoms with E-state index in [1.165, 1.54) is 0 Å². The van der Waals surface area contributed by atoms with Crippen molar-refractivity contribution in [3.63, 3.8) is 0 Å². The van der Waals surface area contributed by atoms with Crippen molar-refractivity contribution in [3.05, 3.63) is 95.5 Å². The van der Waals surface area contributed by atoms with Crippen LogP contribution in [0.5, 0.6) is 0 Å². The number of carbonyl (C=O) groups is 1. The Morgan fingerprint density at radius 1 is 0.963 bits per heavy atom. The lowest BCUT2D eigenvalue weighted by molar-refractivity contribution is 0.0951. The zero-order valence-electron chi connectivity index (χ0n) is 14.3. The van der Waals surface area contributed by atoms with Gasteiger partial charge in [0.25, 0.3) is 5.91 Å². The largest absolute Gasteiger partial charge is 0.348 e. The van der Waals surface area contributed by atoms with E-state index in [2.05, 4.69) is 15.5 Å². The molecule has 2 heterocycles. The second-order valence-electron chi connectivity index (χ2n) is 5.95. The topological polar surface area (TPSA) is 64.7 Å². The maximum atomic E-state index is 12.4. The molecule has 1 amide bonds. The summed E-state index contributed by atoms with van der Waals surface area (Å²) in [6.07, 6.45) is 7.18. The van der Waals surface area contributed by atoms with Crippen LogP contribution in [0.25, 0.3) is 11.4 Å². The molecular weight excluding hydrogens is 362 g/mol. The van der Waals surface area contributed by atoms with Crippen LogP contribution in [0.3, 0.4) is 0 Å². The number of benzene rings is 2. The lowest BCUT2D eigenvalue weighted by Crippen LogP contribution is -2.22. The highest BCUT2D eigenvalue weighted by molar-refractivity contribution is 6.30. The molecule has 0 spiro atoms. The van der Waals surface area contributed by atoms with Gasteiger partial charge >= 0.3 is 0 Å². The van der Waals surface area contributed by atoms with E-state index in [1.54, 1.807) is 33.9 Å². The molecule has 0 fully saturated rings. The number of halogens is 1. The smallest absolute Gasteiger partial charge is 0.251 e. The van der Waals surface area contributed by atoms with Gasteiger partial charge in [-0.2, -0.15) is 10.2 Å². The number of rotatable bonds is 5. The molecule has 27 heavy (non-hydrogen) atoms. The molecule has 7 heteroatoms. The van der Waals surface area contributed by atoms with Crippen molar-refractivity contribution in [1.82, 2.24) is 24.9 Å². The Labute approximate surface area is 161 Å². The van der Waals surface area contributed by atoms with Crippen LogP contribution in [0.15, 0.2) is 79.4 Å². The first kappa shape index (κ1) is 17.1. The van der Waals surface area contributed by atoms with Crippen LogP contribution in [0.2, 0.25) is 5.02 Å². The monoisotopic (exact) mass is 377 g/mol. The van der Waals surface area contributed by atoms with Crippen molar-refractivity contribution in [2.75, 3.05) is 0 Å². The predicted octanol–water partition coefficient (Wildman–Crippen LogP) is 3.64. The highest BCUT2D eigenvalue weighted by Gasteiger charge is 2.07. The van der Waals surface area contributed by atoms with Crippen molar-refractivity contribution >= 4 is 17.5 Å². The van der Waals surface area contributed by atoms with E-state index in [-0.39, 0.29) is 5.91 Å². The van der Waals surface area contributed by atoms with Gasteiger partial charge in [-0.3, -0.25) is 4.79 Å². The Hall–Kier alpha value is -3.38. The summed E-state index contributed by atoms with van der Waals surface area (Å²) < 4.78 is 3.49. The van der Waals surface area contributed by atoms with Crippen LogP contribution in [0.1, 0.15) is 15.9 Å². The molecule has 0 bridgehead atoms. The number of carbonyl (C=O) groups excluding carboxylic acids is 1. The molecule has 0 unspecified atom stereocenters. The third-order valence-corrected chi connectivity index (χ3v) is 4.33. The number of nitrogens with zero attached hydrogens (tertiary/aromatic N) is 4. The number of amides is 1. The summed E-state index contributed by atoms with van der Waals surface area (Å²) in [5.41, 5.74) is 3.31. The predicted molar refractivity (Wildman–Crippen MR) is 103 cm³/mol. The fourth-order valence-electron chi connectivity index (χ4n) is 2.66. The fourth-order valence-corrected chi connectivity index (χ4v) is 2.78. The molecule has 0 aliphatic rings. The molecule has 134 valence electrons. The first-order chi connectivity index (χ1) is 13.2. The van der Waals surface area contributed by atoms with Gasteiger partial charge in [0.05, 0.1) is 17.6 Å². The highest BCUT2D eigenvalue weighted by Crippen LogP contribution is 2.14. The maximum absolute atomic E-state index is 12.4. The van der Waals surface area contributed by atoms with Gasteiger partial charge in [0.15, 0.2) is 0 Å². The quantitative estimate of drug-likeness (QED) is 0.577. The highest BCUT2D eigenvalue weighted by atomic mass is 35.5. The summed E-state index contributed by atoms with van der Waals surface area (Å²) in [7, 11) is 0. The second kappa shape index (κ2) is 7.47. The molecule has 1 N–H and O–H groups in total. The van der Waals surface area contributed by atoms with E-state index in [4.69, 9.17) is 11.6 Å². The molecule has 2 aromatic carbocycles. The minimum absolute atomic E-state index is 0.138. The summed E-state index contributed by atoms with van der Waals surface area (Å²) in [6.45, 7) is 0.396. The van der Waals surface area contributed by atoms with E-state index < -0.39 is 0 Å². The van der Waals surface area contributed by atoms with E-state index in [1.807, 2.05) is 54.9 Å². The summed E-state index contributed by atoms with van der Waals surface area (Å²) in [4.78, 5) is 12.4. The average molecular weight is 378 g/mol. The molecule has 0 atom stereocenters.